The van der Waals surface area contributed by atoms with Crippen LogP contribution in [0.2, 0.25) is 0 Å². The Kier molecular flexibility index (Phi) is 5.56. The van der Waals surface area contributed by atoms with Crippen LogP contribution in [-0.2, 0) is 4.74 Å². The first-order chi connectivity index (χ1) is 3.81. The molecule has 1 nitrogen and oxygen atoms in total. The van der Waals surface area contributed by atoms with Crippen LogP contribution in [-0.4, -0.2) is 18.6 Å². The molecule has 0 saturated heterocycles. The van der Waals surface area contributed by atoms with Crippen LogP contribution in [0.5, 0.6) is 0 Å². The van der Waals surface area contributed by atoms with Gasteiger partial charge in [-0.2, -0.15) is 0 Å². The summed E-state index contributed by atoms with van der Waals surface area (Å²) in [5.41, 5.74) is 0. The molecular formula is C6H13ClO. The van der Waals surface area contributed by atoms with Crippen molar-refractivity contribution >= 4 is 11.6 Å². The summed E-state index contributed by atoms with van der Waals surface area (Å²) in [4.78, 5) is 0. The van der Waals surface area contributed by atoms with E-state index < -0.39 is 0 Å². The smallest absolute Gasteiger partial charge is 0.0605 e. The Hall–Kier alpha value is 0.250. The molecule has 0 aromatic heterocycles. The maximum absolute atomic E-state index is 5.38. The zero-order valence-corrected chi connectivity index (χ0v) is 6.24. The normalized spacial score (nSPS) is 13.9. The van der Waals surface area contributed by atoms with Gasteiger partial charge in [-0.15, -0.1) is 11.6 Å². The SMILES string of the molecule is CCC(C)OCCCl. The minimum absolute atomic E-state index is 0.369. The molecule has 0 aliphatic rings. The summed E-state index contributed by atoms with van der Waals surface area (Å²) in [6.07, 6.45) is 1.44. The third-order valence-electron chi connectivity index (χ3n) is 1.05. The minimum atomic E-state index is 0.369. The van der Waals surface area contributed by atoms with E-state index in [1.165, 1.54) is 0 Å². The molecule has 0 heterocycles. The van der Waals surface area contributed by atoms with Gasteiger partial charge in [0, 0.05) is 5.88 Å². The third kappa shape index (κ3) is 4.41. The van der Waals surface area contributed by atoms with Gasteiger partial charge in [-0.3, -0.25) is 0 Å². The molecule has 0 saturated carbocycles. The zero-order valence-electron chi connectivity index (χ0n) is 5.48. The van der Waals surface area contributed by atoms with Crippen molar-refractivity contribution in [3.8, 4) is 0 Å². The lowest BCUT2D eigenvalue weighted by Crippen LogP contribution is -2.07. The number of ether oxygens (including phenoxy) is 1. The van der Waals surface area contributed by atoms with Gasteiger partial charge < -0.3 is 4.74 Å². The molecule has 0 aliphatic carbocycles. The van der Waals surface area contributed by atoms with Crippen LogP contribution in [0.3, 0.4) is 0 Å². The fourth-order valence-corrected chi connectivity index (χ4v) is 0.453. The van der Waals surface area contributed by atoms with Crippen molar-refractivity contribution in [2.24, 2.45) is 0 Å². The average molecular weight is 137 g/mol. The van der Waals surface area contributed by atoms with Crippen molar-refractivity contribution in [2.75, 3.05) is 12.5 Å². The van der Waals surface area contributed by atoms with Gasteiger partial charge in [0.05, 0.1) is 12.7 Å². The maximum Gasteiger partial charge on any atom is 0.0605 e. The van der Waals surface area contributed by atoms with E-state index in [-0.39, 0.29) is 0 Å². The first kappa shape index (κ1) is 8.25. The highest BCUT2D eigenvalue weighted by atomic mass is 35.5. The predicted molar refractivity (Wildman–Crippen MR) is 36.4 cm³/mol. The van der Waals surface area contributed by atoms with Crippen molar-refractivity contribution in [1.82, 2.24) is 0 Å². The van der Waals surface area contributed by atoms with E-state index >= 15 is 0 Å². The predicted octanol–water partition coefficient (Wildman–Crippen LogP) is 2.04. The van der Waals surface area contributed by atoms with Crippen LogP contribution in [0.25, 0.3) is 0 Å². The first-order valence-electron chi connectivity index (χ1n) is 2.98. The molecule has 0 aromatic carbocycles. The molecule has 0 aliphatic heterocycles. The largest absolute Gasteiger partial charge is 0.377 e. The van der Waals surface area contributed by atoms with Crippen LogP contribution in [0.4, 0.5) is 0 Å². The molecule has 1 atom stereocenters. The van der Waals surface area contributed by atoms with E-state index in [0.717, 1.165) is 6.42 Å². The van der Waals surface area contributed by atoms with Gasteiger partial charge >= 0.3 is 0 Å². The molecular weight excluding hydrogens is 124 g/mol. The van der Waals surface area contributed by atoms with Gasteiger partial charge in [0.25, 0.3) is 0 Å². The van der Waals surface area contributed by atoms with Crippen LogP contribution in [0, 0.1) is 0 Å². The fraction of sp³-hybridized carbons (Fsp3) is 1.00. The Labute approximate surface area is 56.0 Å². The van der Waals surface area contributed by atoms with Crippen LogP contribution in [0.1, 0.15) is 20.3 Å². The Balaban J connectivity index is 2.86. The number of halogens is 1. The van der Waals surface area contributed by atoms with Gasteiger partial charge in [0.1, 0.15) is 0 Å². The van der Waals surface area contributed by atoms with Crippen LogP contribution >= 0.6 is 11.6 Å². The van der Waals surface area contributed by atoms with Crippen molar-refractivity contribution in [2.45, 2.75) is 26.4 Å². The Bertz CT molecular complexity index is 47.8. The second kappa shape index (κ2) is 5.39. The van der Waals surface area contributed by atoms with E-state index in [1.54, 1.807) is 0 Å². The third-order valence-corrected chi connectivity index (χ3v) is 1.21. The molecule has 0 fully saturated rings. The minimum Gasteiger partial charge on any atom is -0.377 e. The molecule has 0 N–H and O–H groups in total. The molecule has 50 valence electrons. The van der Waals surface area contributed by atoms with Gasteiger partial charge in [-0.1, -0.05) is 6.92 Å². The zero-order chi connectivity index (χ0) is 6.41. The van der Waals surface area contributed by atoms with Crippen LogP contribution < -0.4 is 0 Å². The van der Waals surface area contributed by atoms with Crippen molar-refractivity contribution < 1.29 is 4.74 Å². The van der Waals surface area contributed by atoms with E-state index in [4.69, 9.17) is 16.3 Å². The summed E-state index contributed by atoms with van der Waals surface area (Å²) in [5, 5.41) is 0. The molecule has 0 rings (SSSR count). The lowest BCUT2D eigenvalue weighted by atomic mass is 10.3. The van der Waals surface area contributed by atoms with Gasteiger partial charge in [0.2, 0.25) is 0 Å². The maximum atomic E-state index is 5.38. The summed E-state index contributed by atoms with van der Waals surface area (Å²) in [5.74, 6) is 0.602. The molecule has 2 heteroatoms. The number of alkyl halides is 1. The summed E-state index contributed by atoms with van der Waals surface area (Å²) in [6.45, 7) is 4.82. The summed E-state index contributed by atoms with van der Waals surface area (Å²) >= 11 is 5.38. The molecule has 0 bridgehead atoms. The van der Waals surface area contributed by atoms with E-state index in [2.05, 4.69) is 6.92 Å². The standard InChI is InChI=1S/C6H13ClO/c1-3-6(2)8-5-4-7/h6H,3-5H2,1-2H3. The highest BCUT2D eigenvalue weighted by Gasteiger charge is 1.94. The molecule has 1 unspecified atom stereocenters. The summed E-state index contributed by atoms with van der Waals surface area (Å²) in [7, 11) is 0. The van der Waals surface area contributed by atoms with Crippen molar-refractivity contribution in [1.29, 1.82) is 0 Å². The monoisotopic (exact) mass is 136 g/mol. The topological polar surface area (TPSA) is 9.23 Å². The first-order valence-corrected chi connectivity index (χ1v) is 3.52. The number of hydrogen-bond acceptors (Lipinski definition) is 1. The van der Waals surface area contributed by atoms with Crippen LogP contribution in [0.15, 0.2) is 0 Å². The van der Waals surface area contributed by atoms with Gasteiger partial charge in [-0.25, -0.2) is 0 Å². The highest BCUT2D eigenvalue weighted by Crippen LogP contribution is 1.94. The highest BCUT2D eigenvalue weighted by molar-refractivity contribution is 6.17. The number of rotatable bonds is 4. The van der Waals surface area contributed by atoms with E-state index in [0.29, 0.717) is 18.6 Å². The second-order valence-electron chi connectivity index (χ2n) is 1.78. The molecule has 8 heavy (non-hydrogen) atoms. The van der Waals surface area contributed by atoms with E-state index in [9.17, 15) is 0 Å². The Morgan fingerprint density at radius 1 is 1.62 bits per heavy atom. The van der Waals surface area contributed by atoms with Crippen molar-refractivity contribution in [3.05, 3.63) is 0 Å². The average Bonchev–Trinajstić information content (AvgIpc) is 1.83. The van der Waals surface area contributed by atoms with Gasteiger partial charge in [-0.05, 0) is 13.3 Å². The quantitative estimate of drug-likeness (QED) is 0.538. The Morgan fingerprint density at radius 3 is 2.62 bits per heavy atom. The second-order valence-corrected chi connectivity index (χ2v) is 2.16. The number of hydrogen-bond donors (Lipinski definition) is 0. The molecule has 0 spiro atoms. The lowest BCUT2D eigenvalue weighted by molar-refractivity contribution is 0.0753. The molecule has 0 radical (unpaired) electrons. The van der Waals surface area contributed by atoms with Gasteiger partial charge in [0.15, 0.2) is 0 Å². The van der Waals surface area contributed by atoms with E-state index in [1.807, 2.05) is 6.92 Å². The summed E-state index contributed by atoms with van der Waals surface area (Å²) in [6, 6.07) is 0. The lowest BCUT2D eigenvalue weighted by Gasteiger charge is -2.07. The molecule has 0 aromatic rings. The Morgan fingerprint density at radius 2 is 2.25 bits per heavy atom. The summed E-state index contributed by atoms with van der Waals surface area (Å²) < 4.78 is 5.21. The molecule has 0 amide bonds. The fourth-order valence-electron chi connectivity index (χ4n) is 0.364. The van der Waals surface area contributed by atoms with Crippen molar-refractivity contribution in [3.63, 3.8) is 0 Å².